The summed E-state index contributed by atoms with van der Waals surface area (Å²) in [5, 5.41) is 2.96. The van der Waals surface area contributed by atoms with E-state index in [-0.39, 0.29) is 17.9 Å². The van der Waals surface area contributed by atoms with Gasteiger partial charge in [-0.15, -0.1) is 0 Å². The highest BCUT2D eigenvalue weighted by molar-refractivity contribution is 6.06. The fourth-order valence-corrected chi connectivity index (χ4v) is 4.54. The second-order valence-corrected chi connectivity index (χ2v) is 8.25. The van der Waals surface area contributed by atoms with E-state index < -0.39 is 6.10 Å². The number of rotatable bonds is 5. The number of benzene rings is 2. The molecule has 6 heteroatoms. The van der Waals surface area contributed by atoms with Crippen LogP contribution in [0.2, 0.25) is 0 Å². The summed E-state index contributed by atoms with van der Waals surface area (Å²) < 4.78 is 11.4. The summed E-state index contributed by atoms with van der Waals surface area (Å²) in [6.45, 7) is 2.49. The van der Waals surface area contributed by atoms with Gasteiger partial charge in [0.15, 0.2) is 6.10 Å². The van der Waals surface area contributed by atoms with Crippen LogP contribution in [0.1, 0.15) is 61.4 Å². The lowest BCUT2D eigenvalue weighted by Crippen LogP contribution is -2.45. The minimum absolute atomic E-state index is 0.0743. The molecule has 164 valence electrons. The van der Waals surface area contributed by atoms with Gasteiger partial charge in [0, 0.05) is 23.8 Å². The van der Waals surface area contributed by atoms with Gasteiger partial charge in [0.05, 0.1) is 12.7 Å². The Hall–Kier alpha value is -3.02. The SMILES string of the molecule is CC[C@@H]1Oc2ccc(NC(=O)c3ccccc3OC)cc2CN(C2CCCCC2)C1=O. The normalized spacial score (nSPS) is 19.2. The van der Waals surface area contributed by atoms with Crippen molar-refractivity contribution in [3.05, 3.63) is 53.6 Å². The summed E-state index contributed by atoms with van der Waals surface area (Å²) in [7, 11) is 1.55. The van der Waals surface area contributed by atoms with Crippen molar-refractivity contribution < 1.29 is 19.1 Å². The molecular weight excluding hydrogens is 392 g/mol. The van der Waals surface area contributed by atoms with Crippen molar-refractivity contribution in [1.82, 2.24) is 4.90 Å². The Morgan fingerprint density at radius 2 is 1.94 bits per heavy atom. The predicted octanol–water partition coefficient (Wildman–Crippen LogP) is 4.78. The molecule has 0 spiro atoms. The zero-order valence-corrected chi connectivity index (χ0v) is 18.2. The maximum absolute atomic E-state index is 13.2. The first-order valence-electron chi connectivity index (χ1n) is 11.1. The largest absolute Gasteiger partial charge is 0.496 e. The molecule has 31 heavy (non-hydrogen) atoms. The average molecular weight is 423 g/mol. The number of carbonyl (C=O) groups excluding carboxylic acids is 2. The summed E-state index contributed by atoms with van der Waals surface area (Å²) in [6.07, 6.45) is 5.82. The number of ether oxygens (including phenoxy) is 2. The van der Waals surface area contributed by atoms with Crippen LogP contribution in [-0.4, -0.2) is 36.0 Å². The molecule has 0 saturated heterocycles. The van der Waals surface area contributed by atoms with Crippen LogP contribution >= 0.6 is 0 Å². The molecule has 1 aliphatic heterocycles. The van der Waals surface area contributed by atoms with Gasteiger partial charge < -0.3 is 19.7 Å². The number of nitrogens with one attached hydrogen (secondary N) is 1. The number of para-hydroxylation sites is 1. The van der Waals surface area contributed by atoms with Crippen LogP contribution in [0.4, 0.5) is 5.69 Å². The average Bonchev–Trinajstić information content (AvgIpc) is 2.95. The van der Waals surface area contributed by atoms with Gasteiger partial charge in [-0.2, -0.15) is 0 Å². The first-order chi connectivity index (χ1) is 15.1. The Labute approximate surface area is 183 Å². The van der Waals surface area contributed by atoms with Gasteiger partial charge in [-0.1, -0.05) is 38.3 Å². The topological polar surface area (TPSA) is 67.9 Å². The third-order valence-corrected chi connectivity index (χ3v) is 6.22. The van der Waals surface area contributed by atoms with Gasteiger partial charge in [-0.3, -0.25) is 9.59 Å². The molecular formula is C25H30N2O4. The van der Waals surface area contributed by atoms with E-state index in [1.807, 2.05) is 36.1 Å². The van der Waals surface area contributed by atoms with E-state index in [1.165, 1.54) is 6.42 Å². The highest BCUT2D eigenvalue weighted by Crippen LogP contribution is 2.33. The highest BCUT2D eigenvalue weighted by Gasteiger charge is 2.34. The van der Waals surface area contributed by atoms with Crippen LogP contribution in [0.25, 0.3) is 0 Å². The molecule has 0 bridgehead atoms. The van der Waals surface area contributed by atoms with Gasteiger partial charge in [-0.05, 0) is 49.6 Å². The number of fused-ring (bicyclic) bond motifs is 1. The highest BCUT2D eigenvalue weighted by atomic mass is 16.5. The number of carbonyl (C=O) groups is 2. The van der Waals surface area contributed by atoms with Gasteiger partial charge in [0.2, 0.25) is 0 Å². The summed E-state index contributed by atoms with van der Waals surface area (Å²) in [5.41, 5.74) is 2.07. The number of amides is 2. The molecule has 0 aromatic heterocycles. The van der Waals surface area contributed by atoms with E-state index in [1.54, 1.807) is 25.3 Å². The molecule has 1 saturated carbocycles. The zero-order valence-electron chi connectivity index (χ0n) is 18.2. The van der Waals surface area contributed by atoms with E-state index in [0.29, 0.717) is 35.7 Å². The molecule has 2 aliphatic rings. The molecule has 1 aliphatic carbocycles. The Morgan fingerprint density at radius 1 is 1.16 bits per heavy atom. The third-order valence-electron chi connectivity index (χ3n) is 6.22. The van der Waals surface area contributed by atoms with Gasteiger partial charge in [-0.25, -0.2) is 0 Å². The quantitative estimate of drug-likeness (QED) is 0.753. The number of methoxy groups -OCH3 is 1. The first-order valence-corrected chi connectivity index (χ1v) is 11.1. The monoisotopic (exact) mass is 422 g/mol. The van der Waals surface area contributed by atoms with Crippen molar-refractivity contribution in [2.24, 2.45) is 0 Å². The summed E-state index contributed by atoms with van der Waals surface area (Å²) >= 11 is 0. The van der Waals surface area contributed by atoms with Crippen molar-refractivity contribution in [2.75, 3.05) is 12.4 Å². The summed E-state index contributed by atoms with van der Waals surface area (Å²) in [6, 6.07) is 13.0. The Balaban J connectivity index is 1.59. The van der Waals surface area contributed by atoms with Gasteiger partial charge >= 0.3 is 0 Å². The molecule has 0 radical (unpaired) electrons. The number of hydrogen-bond donors (Lipinski definition) is 1. The lowest BCUT2D eigenvalue weighted by molar-refractivity contribution is -0.141. The minimum Gasteiger partial charge on any atom is -0.496 e. The molecule has 1 fully saturated rings. The van der Waals surface area contributed by atoms with Crippen LogP contribution in [0, 0.1) is 0 Å². The van der Waals surface area contributed by atoms with Crippen LogP contribution in [0.15, 0.2) is 42.5 Å². The third kappa shape index (κ3) is 4.53. The van der Waals surface area contributed by atoms with Crippen molar-refractivity contribution in [2.45, 2.75) is 64.1 Å². The zero-order chi connectivity index (χ0) is 21.8. The molecule has 1 atom stereocenters. The second-order valence-electron chi connectivity index (χ2n) is 8.25. The number of nitrogens with zero attached hydrogens (tertiary/aromatic N) is 1. The van der Waals surface area contributed by atoms with Crippen LogP contribution in [0.5, 0.6) is 11.5 Å². The van der Waals surface area contributed by atoms with Crippen molar-refractivity contribution in [3.63, 3.8) is 0 Å². The lowest BCUT2D eigenvalue weighted by atomic mass is 9.93. The van der Waals surface area contributed by atoms with Crippen molar-refractivity contribution >= 4 is 17.5 Å². The molecule has 4 rings (SSSR count). The lowest BCUT2D eigenvalue weighted by Gasteiger charge is -2.34. The van der Waals surface area contributed by atoms with E-state index >= 15 is 0 Å². The summed E-state index contributed by atoms with van der Waals surface area (Å²) in [4.78, 5) is 28.0. The van der Waals surface area contributed by atoms with Crippen LogP contribution in [-0.2, 0) is 11.3 Å². The standard InChI is InChI=1S/C25H30N2O4/c1-3-21-25(29)27(19-9-5-4-6-10-19)16-17-15-18(13-14-22(17)31-21)26-24(28)20-11-7-8-12-23(20)30-2/h7-8,11-15,19,21H,3-6,9-10,16H2,1-2H3,(H,26,28)/t21-/m0/s1. The molecule has 1 N–H and O–H groups in total. The molecule has 6 nitrogen and oxygen atoms in total. The van der Waals surface area contributed by atoms with Gasteiger partial charge in [0.1, 0.15) is 11.5 Å². The fraction of sp³-hybridized carbons (Fsp3) is 0.440. The first kappa shape index (κ1) is 21.2. The molecule has 0 unspecified atom stereocenters. The minimum atomic E-state index is -0.461. The number of hydrogen-bond acceptors (Lipinski definition) is 4. The van der Waals surface area contributed by atoms with Crippen LogP contribution in [0.3, 0.4) is 0 Å². The molecule has 2 aromatic rings. The van der Waals surface area contributed by atoms with Crippen molar-refractivity contribution in [3.8, 4) is 11.5 Å². The van der Waals surface area contributed by atoms with E-state index in [4.69, 9.17) is 9.47 Å². The van der Waals surface area contributed by atoms with E-state index in [9.17, 15) is 9.59 Å². The molecule has 2 aromatic carbocycles. The maximum Gasteiger partial charge on any atom is 0.264 e. The Morgan fingerprint density at radius 3 is 2.68 bits per heavy atom. The van der Waals surface area contributed by atoms with E-state index in [0.717, 1.165) is 31.2 Å². The number of anilines is 1. The predicted molar refractivity (Wildman–Crippen MR) is 120 cm³/mol. The summed E-state index contributed by atoms with van der Waals surface area (Å²) in [5.74, 6) is 1.08. The maximum atomic E-state index is 13.2. The Bertz CT molecular complexity index is 952. The molecule has 1 heterocycles. The smallest absolute Gasteiger partial charge is 0.264 e. The fourth-order valence-electron chi connectivity index (χ4n) is 4.54. The van der Waals surface area contributed by atoms with E-state index in [2.05, 4.69) is 5.32 Å². The second kappa shape index (κ2) is 9.41. The van der Waals surface area contributed by atoms with Crippen LogP contribution < -0.4 is 14.8 Å². The Kier molecular flexibility index (Phi) is 6.44. The van der Waals surface area contributed by atoms with Gasteiger partial charge in [0.25, 0.3) is 11.8 Å². The molecule has 2 amide bonds. The van der Waals surface area contributed by atoms with Crippen molar-refractivity contribution in [1.29, 1.82) is 0 Å².